The molecule has 1 aromatic rings. The third-order valence-electron chi connectivity index (χ3n) is 3.31. The molecule has 0 aromatic heterocycles. The maximum Gasteiger partial charge on any atom is 0.307 e. The van der Waals surface area contributed by atoms with Gasteiger partial charge in [-0.15, -0.1) is 0 Å². The monoisotopic (exact) mass is 292 g/mol. The van der Waals surface area contributed by atoms with Crippen molar-refractivity contribution in [1.82, 2.24) is 5.32 Å². The zero-order valence-electron chi connectivity index (χ0n) is 12.3. The van der Waals surface area contributed by atoms with Gasteiger partial charge in [-0.05, 0) is 31.2 Å². The molecule has 3 N–H and O–H groups in total. The molecule has 2 amide bonds. The van der Waals surface area contributed by atoms with Crippen molar-refractivity contribution in [2.45, 2.75) is 20.8 Å². The minimum atomic E-state index is -1.01. The van der Waals surface area contributed by atoms with E-state index in [9.17, 15) is 14.4 Å². The SMILES string of the molecule is CCNC(=O)c1ccc(NC(=O)C(C)C(C)C(=O)O)cc1. The lowest BCUT2D eigenvalue weighted by Gasteiger charge is -2.15. The third kappa shape index (κ3) is 4.59. The predicted octanol–water partition coefficient (Wildman–Crippen LogP) is 1.73. The number of carboxylic acids is 1. The summed E-state index contributed by atoms with van der Waals surface area (Å²) in [6.45, 7) is 5.43. The van der Waals surface area contributed by atoms with Gasteiger partial charge in [0, 0.05) is 23.7 Å². The van der Waals surface area contributed by atoms with Crippen LogP contribution in [0, 0.1) is 11.8 Å². The van der Waals surface area contributed by atoms with E-state index in [4.69, 9.17) is 5.11 Å². The molecule has 0 saturated heterocycles. The maximum atomic E-state index is 11.9. The van der Waals surface area contributed by atoms with Crippen molar-refractivity contribution in [2.75, 3.05) is 11.9 Å². The van der Waals surface area contributed by atoms with Crippen LogP contribution < -0.4 is 10.6 Å². The lowest BCUT2D eigenvalue weighted by molar-refractivity contribution is -0.145. The van der Waals surface area contributed by atoms with E-state index in [-0.39, 0.29) is 11.8 Å². The second-order valence-electron chi connectivity index (χ2n) is 4.84. The molecule has 0 bridgehead atoms. The van der Waals surface area contributed by atoms with Crippen LogP contribution >= 0.6 is 0 Å². The van der Waals surface area contributed by atoms with Crippen LogP contribution in [-0.2, 0) is 9.59 Å². The molecule has 2 unspecified atom stereocenters. The van der Waals surface area contributed by atoms with Crippen molar-refractivity contribution in [2.24, 2.45) is 11.8 Å². The lowest BCUT2D eigenvalue weighted by Crippen LogP contribution is -2.30. The van der Waals surface area contributed by atoms with Gasteiger partial charge in [-0.1, -0.05) is 13.8 Å². The molecule has 0 aliphatic rings. The molecule has 1 aromatic carbocycles. The highest BCUT2D eigenvalue weighted by Gasteiger charge is 2.25. The fraction of sp³-hybridized carbons (Fsp3) is 0.400. The third-order valence-corrected chi connectivity index (χ3v) is 3.31. The average Bonchev–Trinajstić information content (AvgIpc) is 2.46. The molecular weight excluding hydrogens is 272 g/mol. The Bertz CT molecular complexity index is 525. The Morgan fingerprint density at radius 1 is 1.10 bits per heavy atom. The Hall–Kier alpha value is -2.37. The first-order valence-corrected chi connectivity index (χ1v) is 6.78. The fourth-order valence-electron chi connectivity index (χ4n) is 1.66. The number of carboxylic acid groups (broad SMARTS) is 1. The summed E-state index contributed by atoms with van der Waals surface area (Å²) < 4.78 is 0. The highest BCUT2D eigenvalue weighted by molar-refractivity contribution is 5.97. The van der Waals surface area contributed by atoms with Gasteiger partial charge in [0.2, 0.25) is 5.91 Å². The highest BCUT2D eigenvalue weighted by atomic mass is 16.4. The van der Waals surface area contributed by atoms with Crippen LogP contribution in [0.15, 0.2) is 24.3 Å². The zero-order chi connectivity index (χ0) is 16.0. The van der Waals surface area contributed by atoms with E-state index in [2.05, 4.69) is 10.6 Å². The summed E-state index contributed by atoms with van der Waals surface area (Å²) in [5, 5.41) is 14.2. The van der Waals surface area contributed by atoms with Gasteiger partial charge in [0.1, 0.15) is 0 Å². The number of anilines is 1. The van der Waals surface area contributed by atoms with Crippen molar-refractivity contribution in [3.63, 3.8) is 0 Å². The lowest BCUT2D eigenvalue weighted by atomic mass is 9.95. The molecule has 0 saturated carbocycles. The van der Waals surface area contributed by atoms with Crippen LogP contribution in [0.3, 0.4) is 0 Å². The molecule has 0 aliphatic heterocycles. The summed E-state index contributed by atoms with van der Waals surface area (Å²) >= 11 is 0. The standard InChI is InChI=1S/C15H20N2O4/c1-4-16-14(19)11-5-7-12(8-6-11)17-13(18)9(2)10(3)15(20)21/h5-10H,4H2,1-3H3,(H,16,19)(H,17,18)(H,20,21). The van der Waals surface area contributed by atoms with Crippen molar-refractivity contribution < 1.29 is 19.5 Å². The second-order valence-corrected chi connectivity index (χ2v) is 4.84. The number of hydrogen-bond donors (Lipinski definition) is 3. The van der Waals surface area contributed by atoms with Gasteiger partial charge in [-0.3, -0.25) is 14.4 Å². The van der Waals surface area contributed by atoms with Crippen molar-refractivity contribution >= 4 is 23.5 Å². The van der Waals surface area contributed by atoms with Crippen LogP contribution in [0.4, 0.5) is 5.69 Å². The van der Waals surface area contributed by atoms with Crippen molar-refractivity contribution in [1.29, 1.82) is 0 Å². The number of aliphatic carboxylic acids is 1. The van der Waals surface area contributed by atoms with Gasteiger partial charge in [0.25, 0.3) is 5.91 Å². The Morgan fingerprint density at radius 2 is 1.67 bits per heavy atom. The number of benzene rings is 1. The Morgan fingerprint density at radius 3 is 2.14 bits per heavy atom. The van der Waals surface area contributed by atoms with E-state index in [1.165, 1.54) is 6.92 Å². The van der Waals surface area contributed by atoms with Gasteiger partial charge in [-0.2, -0.15) is 0 Å². The number of amides is 2. The average molecular weight is 292 g/mol. The van der Waals surface area contributed by atoms with Crippen LogP contribution in [0.5, 0.6) is 0 Å². The molecule has 114 valence electrons. The minimum Gasteiger partial charge on any atom is -0.481 e. The summed E-state index contributed by atoms with van der Waals surface area (Å²) in [6.07, 6.45) is 0. The predicted molar refractivity (Wildman–Crippen MR) is 79.0 cm³/mol. The molecule has 1 rings (SSSR count). The number of rotatable bonds is 6. The van der Waals surface area contributed by atoms with Gasteiger partial charge < -0.3 is 15.7 Å². The van der Waals surface area contributed by atoms with Crippen LogP contribution in [0.1, 0.15) is 31.1 Å². The van der Waals surface area contributed by atoms with E-state index < -0.39 is 17.8 Å². The number of hydrogen-bond acceptors (Lipinski definition) is 3. The van der Waals surface area contributed by atoms with E-state index in [1.807, 2.05) is 6.92 Å². The van der Waals surface area contributed by atoms with Gasteiger partial charge in [-0.25, -0.2) is 0 Å². The number of carbonyl (C=O) groups excluding carboxylic acids is 2. The number of carbonyl (C=O) groups is 3. The van der Waals surface area contributed by atoms with Crippen molar-refractivity contribution in [3.05, 3.63) is 29.8 Å². The quantitative estimate of drug-likeness (QED) is 0.744. The Balaban J connectivity index is 2.69. The first kappa shape index (κ1) is 16.7. The van der Waals surface area contributed by atoms with Gasteiger partial charge in [0.15, 0.2) is 0 Å². The van der Waals surface area contributed by atoms with Crippen molar-refractivity contribution in [3.8, 4) is 0 Å². The maximum absolute atomic E-state index is 11.9. The zero-order valence-corrected chi connectivity index (χ0v) is 12.3. The molecule has 6 nitrogen and oxygen atoms in total. The van der Waals surface area contributed by atoms with Crippen LogP contribution in [0.2, 0.25) is 0 Å². The molecule has 0 spiro atoms. The smallest absolute Gasteiger partial charge is 0.307 e. The van der Waals surface area contributed by atoms with E-state index in [1.54, 1.807) is 31.2 Å². The van der Waals surface area contributed by atoms with Crippen LogP contribution in [-0.4, -0.2) is 29.4 Å². The normalized spacial score (nSPS) is 13.1. The minimum absolute atomic E-state index is 0.178. The van der Waals surface area contributed by atoms with Crippen LogP contribution in [0.25, 0.3) is 0 Å². The van der Waals surface area contributed by atoms with Gasteiger partial charge >= 0.3 is 5.97 Å². The largest absolute Gasteiger partial charge is 0.481 e. The Kier molecular flexibility index (Phi) is 5.90. The molecular formula is C15H20N2O4. The van der Waals surface area contributed by atoms with E-state index in [0.717, 1.165) is 0 Å². The van der Waals surface area contributed by atoms with E-state index in [0.29, 0.717) is 17.8 Å². The molecule has 0 heterocycles. The first-order chi connectivity index (χ1) is 9.86. The molecule has 0 aliphatic carbocycles. The highest BCUT2D eigenvalue weighted by Crippen LogP contribution is 2.15. The summed E-state index contributed by atoms with van der Waals surface area (Å²) in [6, 6.07) is 6.43. The number of nitrogens with one attached hydrogen (secondary N) is 2. The molecule has 21 heavy (non-hydrogen) atoms. The second kappa shape index (κ2) is 7.42. The van der Waals surface area contributed by atoms with Gasteiger partial charge in [0.05, 0.1) is 5.92 Å². The summed E-state index contributed by atoms with van der Waals surface area (Å²) in [7, 11) is 0. The Labute approximate surface area is 123 Å². The molecule has 0 fully saturated rings. The molecule has 2 atom stereocenters. The first-order valence-electron chi connectivity index (χ1n) is 6.78. The summed E-state index contributed by atoms with van der Waals surface area (Å²) in [4.78, 5) is 34.4. The fourth-order valence-corrected chi connectivity index (χ4v) is 1.66. The summed E-state index contributed by atoms with van der Waals surface area (Å²) in [5.74, 6) is -2.96. The topological polar surface area (TPSA) is 95.5 Å². The molecule has 6 heteroatoms. The molecule has 0 radical (unpaired) electrons. The van der Waals surface area contributed by atoms with E-state index >= 15 is 0 Å². The summed E-state index contributed by atoms with van der Waals surface area (Å²) in [5.41, 5.74) is 1.03.